The van der Waals surface area contributed by atoms with Crippen LogP contribution in [0.1, 0.15) is 82.6 Å². The maximum atomic E-state index is 12.8. The summed E-state index contributed by atoms with van der Waals surface area (Å²) in [5.41, 5.74) is 2.16. The number of benzene rings is 1. The van der Waals surface area contributed by atoms with Gasteiger partial charge < -0.3 is 10.2 Å². The predicted molar refractivity (Wildman–Crippen MR) is 123 cm³/mol. The second-order valence-corrected chi connectivity index (χ2v) is 10.1. The van der Waals surface area contributed by atoms with Crippen LogP contribution in [0.25, 0.3) is 0 Å². The van der Waals surface area contributed by atoms with Crippen LogP contribution in [0.5, 0.6) is 0 Å². The topological polar surface area (TPSA) is 72.2 Å². The van der Waals surface area contributed by atoms with Crippen LogP contribution in [-0.2, 0) is 12.5 Å². The van der Waals surface area contributed by atoms with Crippen molar-refractivity contribution >= 4 is 11.7 Å². The van der Waals surface area contributed by atoms with Crippen LogP contribution in [0.3, 0.4) is 0 Å². The first-order valence-corrected chi connectivity index (χ1v) is 11.6. The number of likely N-dealkylation sites (tertiary alicyclic amines) is 1. The molecule has 2 fully saturated rings. The summed E-state index contributed by atoms with van der Waals surface area (Å²) in [7, 11) is 1.74. The van der Waals surface area contributed by atoms with Gasteiger partial charge in [0, 0.05) is 37.8 Å². The Hall–Kier alpha value is -2.57. The summed E-state index contributed by atoms with van der Waals surface area (Å²) in [5.74, 6) is 1.14. The molecule has 2 aliphatic rings. The van der Waals surface area contributed by atoms with Gasteiger partial charge in [-0.15, -0.1) is 0 Å². The molecule has 1 N–H and O–H groups in total. The van der Waals surface area contributed by atoms with Crippen LogP contribution < -0.4 is 11.0 Å². The molecule has 4 rings (SSSR count). The van der Waals surface area contributed by atoms with Gasteiger partial charge in [0.1, 0.15) is 5.82 Å². The third-order valence-electron chi connectivity index (χ3n) is 6.82. The molecule has 0 unspecified atom stereocenters. The van der Waals surface area contributed by atoms with E-state index in [4.69, 9.17) is 0 Å². The third-order valence-corrected chi connectivity index (χ3v) is 6.82. The van der Waals surface area contributed by atoms with E-state index in [2.05, 4.69) is 43.3 Å². The SMILES string of the molecule is Cn1nc(C2CCN(C(=O)Nc3ccc(C(C)(C)C)cc3)CC2)n(C2CCCC2)c1=O. The number of piperidine rings is 1. The number of hydrogen-bond donors (Lipinski definition) is 1. The molecule has 1 saturated heterocycles. The molecule has 2 aromatic rings. The van der Waals surface area contributed by atoms with Crippen LogP contribution in [0.15, 0.2) is 29.1 Å². The van der Waals surface area contributed by atoms with Crippen LogP contribution in [0.4, 0.5) is 10.5 Å². The molecule has 1 aromatic heterocycles. The summed E-state index contributed by atoms with van der Waals surface area (Å²) in [4.78, 5) is 27.3. The normalized spacial score (nSPS) is 18.5. The van der Waals surface area contributed by atoms with Crippen LogP contribution in [-0.4, -0.2) is 38.4 Å². The van der Waals surface area contributed by atoms with Gasteiger partial charge in [-0.3, -0.25) is 4.57 Å². The minimum absolute atomic E-state index is 0.000719. The fourth-order valence-corrected chi connectivity index (χ4v) is 4.88. The second-order valence-electron chi connectivity index (χ2n) is 10.1. The van der Waals surface area contributed by atoms with Crippen molar-refractivity contribution in [1.29, 1.82) is 0 Å². The van der Waals surface area contributed by atoms with Gasteiger partial charge in [-0.2, -0.15) is 5.10 Å². The lowest BCUT2D eigenvalue weighted by Crippen LogP contribution is -2.41. The molecule has 7 nitrogen and oxygen atoms in total. The Bertz CT molecular complexity index is 969. The number of rotatable bonds is 3. The Morgan fingerprint density at radius 1 is 1.03 bits per heavy atom. The van der Waals surface area contributed by atoms with Crippen molar-refractivity contribution in [3.8, 4) is 0 Å². The van der Waals surface area contributed by atoms with E-state index in [9.17, 15) is 9.59 Å². The van der Waals surface area contributed by atoms with E-state index >= 15 is 0 Å². The summed E-state index contributed by atoms with van der Waals surface area (Å²) in [6.07, 6.45) is 6.16. The van der Waals surface area contributed by atoms with Crippen molar-refractivity contribution in [2.75, 3.05) is 18.4 Å². The Morgan fingerprint density at radius 3 is 2.23 bits per heavy atom. The predicted octanol–water partition coefficient (Wildman–Crippen LogP) is 4.41. The minimum Gasteiger partial charge on any atom is -0.324 e. The second kappa shape index (κ2) is 8.52. The molecule has 1 saturated carbocycles. The van der Waals surface area contributed by atoms with Gasteiger partial charge in [0.25, 0.3) is 0 Å². The molecule has 1 aliphatic heterocycles. The summed E-state index contributed by atoms with van der Waals surface area (Å²) in [6, 6.07) is 8.32. The largest absolute Gasteiger partial charge is 0.345 e. The zero-order valence-corrected chi connectivity index (χ0v) is 19.2. The average molecular weight is 426 g/mol. The lowest BCUT2D eigenvalue weighted by Gasteiger charge is -2.32. The Morgan fingerprint density at radius 2 is 1.65 bits per heavy atom. The van der Waals surface area contributed by atoms with Crippen molar-refractivity contribution in [2.45, 2.75) is 76.7 Å². The molecule has 0 bridgehead atoms. The van der Waals surface area contributed by atoms with Gasteiger partial charge >= 0.3 is 11.7 Å². The monoisotopic (exact) mass is 425 g/mol. The van der Waals surface area contributed by atoms with Crippen LogP contribution in [0.2, 0.25) is 0 Å². The van der Waals surface area contributed by atoms with Gasteiger partial charge in [-0.25, -0.2) is 14.3 Å². The molecule has 1 aliphatic carbocycles. The van der Waals surface area contributed by atoms with E-state index < -0.39 is 0 Å². The number of aromatic nitrogens is 3. The molecule has 168 valence electrons. The summed E-state index contributed by atoms with van der Waals surface area (Å²) < 4.78 is 3.43. The summed E-state index contributed by atoms with van der Waals surface area (Å²) in [5, 5.41) is 7.62. The molecule has 1 aromatic carbocycles. The van der Waals surface area contributed by atoms with E-state index in [1.807, 2.05) is 21.6 Å². The third kappa shape index (κ3) is 4.55. The molecule has 7 heteroatoms. The van der Waals surface area contributed by atoms with Gasteiger partial charge in [-0.05, 0) is 48.8 Å². The zero-order valence-electron chi connectivity index (χ0n) is 19.2. The van der Waals surface area contributed by atoms with E-state index in [1.54, 1.807) is 7.05 Å². The highest BCUT2D eigenvalue weighted by Gasteiger charge is 2.31. The fraction of sp³-hybridized carbons (Fsp3) is 0.625. The van der Waals surface area contributed by atoms with E-state index in [1.165, 1.54) is 23.1 Å². The quantitative estimate of drug-likeness (QED) is 0.792. The molecule has 0 spiro atoms. The van der Waals surface area contributed by atoms with E-state index in [0.717, 1.165) is 37.2 Å². The highest BCUT2D eigenvalue weighted by atomic mass is 16.2. The Kier molecular flexibility index (Phi) is 5.95. The number of nitrogens with zero attached hydrogens (tertiary/aromatic N) is 4. The summed E-state index contributed by atoms with van der Waals surface area (Å²) in [6.45, 7) is 7.88. The Labute approximate surface area is 184 Å². The molecule has 2 amide bonds. The first kappa shape index (κ1) is 21.7. The van der Waals surface area contributed by atoms with Crippen LogP contribution in [0, 0.1) is 0 Å². The number of aryl methyl sites for hydroxylation is 1. The van der Waals surface area contributed by atoms with Crippen molar-refractivity contribution in [3.63, 3.8) is 0 Å². The first-order valence-electron chi connectivity index (χ1n) is 11.6. The van der Waals surface area contributed by atoms with E-state index in [-0.39, 0.29) is 29.1 Å². The molecular formula is C24H35N5O2. The van der Waals surface area contributed by atoms with Crippen molar-refractivity contribution < 1.29 is 4.79 Å². The molecule has 0 radical (unpaired) electrons. The smallest absolute Gasteiger partial charge is 0.324 e. The highest BCUT2D eigenvalue weighted by Crippen LogP contribution is 2.33. The van der Waals surface area contributed by atoms with E-state index in [0.29, 0.717) is 13.1 Å². The lowest BCUT2D eigenvalue weighted by atomic mass is 9.87. The average Bonchev–Trinajstić information content (AvgIpc) is 3.36. The van der Waals surface area contributed by atoms with Gasteiger partial charge in [-0.1, -0.05) is 45.7 Å². The summed E-state index contributed by atoms with van der Waals surface area (Å²) >= 11 is 0. The molecule has 31 heavy (non-hydrogen) atoms. The van der Waals surface area contributed by atoms with Gasteiger partial charge in [0.05, 0.1) is 0 Å². The molecule has 2 heterocycles. The maximum Gasteiger partial charge on any atom is 0.345 e. The Balaban J connectivity index is 1.38. The minimum atomic E-state index is -0.0591. The maximum absolute atomic E-state index is 12.8. The number of hydrogen-bond acceptors (Lipinski definition) is 3. The zero-order chi connectivity index (χ0) is 22.2. The van der Waals surface area contributed by atoms with Crippen LogP contribution >= 0.6 is 0 Å². The number of amides is 2. The first-order chi connectivity index (χ1) is 14.7. The van der Waals surface area contributed by atoms with Crippen molar-refractivity contribution in [1.82, 2.24) is 19.2 Å². The number of urea groups is 1. The standard InChI is InChI=1S/C24H35N5O2/c1-24(2,3)18-9-11-19(12-10-18)25-22(30)28-15-13-17(14-16-28)21-26-27(4)23(31)29(21)20-7-5-6-8-20/h9-12,17,20H,5-8,13-16H2,1-4H3,(H,25,30). The highest BCUT2D eigenvalue weighted by molar-refractivity contribution is 5.89. The van der Waals surface area contributed by atoms with Gasteiger partial charge in [0.2, 0.25) is 0 Å². The lowest BCUT2D eigenvalue weighted by molar-refractivity contribution is 0.192. The van der Waals surface area contributed by atoms with Crippen molar-refractivity contribution in [2.24, 2.45) is 7.05 Å². The molecular weight excluding hydrogens is 390 g/mol. The number of nitrogens with one attached hydrogen (secondary N) is 1. The fourth-order valence-electron chi connectivity index (χ4n) is 4.88. The number of anilines is 1. The van der Waals surface area contributed by atoms with Crippen molar-refractivity contribution in [3.05, 3.63) is 46.1 Å². The number of carbonyl (C=O) groups excluding carboxylic acids is 1. The molecule has 0 atom stereocenters. The number of carbonyl (C=O) groups is 1. The van der Waals surface area contributed by atoms with Gasteiger partial charge in [0.15, 0.2) is 0 Å².